The topological polar surface area (TPSA) is 144 Å². The van der Waals surface area contributed by atoms with Gasteiger partial charge in [-0.15, -0.1) is 43.1 Å². The largest absolute Gasteiger partial charge is 0.356 e. The molecule has 8 rings (SSSR count). The number of thiophene rings is 2. The minimum atomic E-state index is -0.486. The van der Waals surface area contributed by atoms with Crippen LogP contribution in [0.3, 0.4) is 0 Å². The molecule has 0 unspecified atom stereocenters. The van der Waals surface area contributed by atoms with Gasteiger partial charge in [0.15, 0.2) is 11.6 Å². The number of amides is 2. The summed E-state index contributed by atoms with van der Waals surface area (Å²) in [4.78, 5) is 39.6. The maximum absolute atomic E-state index is 13.4. The van der Waals surface area contributed by atoms with Crippen molar-refractivity contribution in [3.05, 3.63) is 125 Å². The number of carbonyl (C=O) groups excluding carboxylic acids is 2. The number of aliphatic imine (C=N–C) groups is 2. The third kappa shape index (κ3) is 9.66. The Hall–Kier alpha value is -5.02. The van der Waals surface area contributed by atoms with E-state index in [0.29, 0.717) is 34.8 Å². The van der Waals surface area contributed by atoms with E-state index >= 15 is 0 Å². The van der Waals surface area contributed by atoms with Crippen molar-refractivity contribution in [3.8, 4) is 10.0 Å². The van der Waals surface area contributed by atoms with Crippen molar-refractivity contribution in [1.82, 2.24) is 40.2 Å². The summed E-state index contributed by atoms with van der Waals surface area (Å²) in [5.41, 5.74) is 8.01. The first-order valence-corrected chi connectivity index (χ1v) is 24.5. The molecule has 2 aliphatic rings. The first-order valence-electron chi connectivity index (χ1n) is 22.2. The van der Waals surface area contributed by atoms with Gasteiger partial charge in [0, 0.05) is 55.1 Å². The monoisotopic (exact) mass is 936 g/mol. The first-order chi connectivity index (χ1) is 30.9. The average Bonchev–Trinajstić information content (AvgIpc) is 3.96. The lowest BCUT2D eigenvalue weighted by Gasteiger charge is -2.13. The zero-order valence-corrected chi connectivity index (χ0v) is 40.4. The highest BCUT2D eigenvalue weighted by Gasteiger charge is 2.34. The van der Waals surface area contributed by atoms with Crippen molar-refractivity contribution < 1.29 is 9.59 Å². The number of aromatic nitrogens is 6. The van der Waals surface area contributed by atoms with Crippen LogP contribution in [0.1, 0.15) is 143 Å². The second-order valence-electron chi connectivity index (χ2n) is 16.7. The van der Waals surface area contributed by atoms with Crippen LogP contribution in [0, 0.1) is 41.5 Å². The summed E-state index contributed by atoms with van der Waals surface area (Å²) in [7, 11) is 0. The number of nitrogens with zero attached hydrogens (tertiary/aromatic N) is 8. The molecule has 0 radical (unpaired) electrons. The maximum Gasteiger partial charge on any atom is 0.222 e. The van der Waals surface area contributed by atoms with Gasteiger partial charge in [-0.3, -0.25) is 28.7 Å². The van der Waals surface area contributed by atoms with E-state index in [9.17, 15) is 9.59 Å². The number of hydrogen-bond acceptors (Lipinski definition) is 10. The van der Waals surface area contributed by atoms with Crippen molar-refractivity contribution >= 4 is 69.1 Å². The number of fused-ring (bicyclic) bond motifs is 6. The van der Waals surface area contributed by atoms with E-state index < -0.39 is 12.1 Å². The Kier molecular flexibility index (Phi) is 14.2. The highest BCUT2D eigenvalue weighted by molar-refractivity contribution is 7.15. The van der Waals surface area contributed by atoms with Crippen molar-refractivity contribution in [2.45, 2.75) is 118 Å². The molecule has 6 heterocycles. The number of rotatable bonds is 17. The molecule has 2 amide bonds. The second kappa shape index (κ2) is 20.0. The normalized spacial score (nSPS) is 15.3. The summed E-state index contributed by atoms with van der Waals surface area (Å²) in [6, 6.07) is 14.5. The second-order valence-corrected chi connectivity index (χ2v) is 20.0. The molecule has 0 fully saturated rings. The molecule has 6 aromatic rings. The van der Waals surface area contributed by atoms with E-state index in [4.69, 9.17) is 33.2 Å². The molecule has 0 saturated heterocycles. The fourth-order valence-corrected chi connectivity index (χ4v) is 11.2. The lowest BCUT2D eigenvalue weighted by molar-refractivity contribution is -0.122. The van der Waals surface area contributed by atoms with E-state index in [1.807, 2.05) is 62.4 Å². The van der Waals surface area contributed by atoms with E-state index in [-0.39, 0.29) is 24.7 Å². The van der Waals surface area contributed by atoms with E-state index in [1.165, 1.54) is 9.75 Å². The van der Waals surface area contributed by atoms with Gasteiger partial charge in [0.05, 0.1) is 24.3 Å². The molecule has 0 saturated carbocycles. The molecule has 12 nitrogen and oxygen atoms in total. The number of benzene rings is 2. The Morgan fingerprint density at radius 3 is 1.28 bits per heavy atom. The van der Waals surface area contributed by atoms with Gasteiger partial charge in [0.2, 0.25) is 11.8 Å². The Morgan fingerprint density at radius 2 is 0.906 bits per heavy atom. The number of nitrogens with one attached hydrogen (secondary N) is 2. The molecule has 0 aliphatic carbocycles. The fourth-order valence-electron chi connectivity index (χ4n) is 8.53. The lowest BCUT2D eigenvalue weighted by atomic mass is 9.99. The van der Waals surface area contributed by atoms with Crippen LogP contribution in [0.15, 0.2) is 58.5 Å². The highest BCUT2D eigenvalue weighted by atomic mass is 35.5. The van der Waals surface area contributed by atoms with Crippen molar-refractivity contribution in [2.75, 3.05) is 13.1 Å². The van der Waals surface area contributed by atoms with Crippen molar-refractivity contribution in [1.29, 1.82) is 0 Å². The Morgan fingerprint density at radius 1 is 0.547 bits per heavy atom. The fraction of sp³-hybridized carbons (Fsp3) is 0.417. The first kappa shape index (κ1) is 45.5. The van der Waals surface area contributed by atoms with E-state index in [2.05, 4.69) is 67.9 Å². The van der Waals surface area contributed by atoms with Gasteiger partial charge in [-0.25, -0.2) is 0 Å². The minimum Gasteiger partial charge on any atom is -0.356 e. The molecular weight excluding hydrogens is 884 g/mol. The minimum absolute atomic E-state index is 0.0494. The number of aryl methyl sites for hydroxylation is 4. The zero-order valence-electron chi connectivity index (χ0n) is 37.2. The van der Waals surface area contributed by atoms with Gasteiger partial charge in [-0.2, -0.15) is 0 Å². The van der Waals surface area contributed by atoms with Gasteiger partial charge < -0.3 is 10.6 Å². The summed E-state index contributed by atoms with van der Waals surface area (Å²) < 4.78 is 4.15. The zero-order chi connectivity index (χ0) is 45.1. The van der Waals surface area contributed by atoms with E-state index in [0.717, 1.165) is 118 Å². The number of halogens is 2. The van der Waals surface area contributed by atoms with Crippen LogP contribution in [0.2, 0.25) is 10.0 Å². The van der Waals surface area contributed by atoms with Crippen LogP contribution in [-0.2, 0) is 9.59 Å². The molecule has 0 bridgehead atoms. The molecule has 334 valence electrons. The molecule has 2 aromatic carbocycles. The smallest absolute Gasteiger partial charge is 0.222 e. The van der Waals surface area contributed by atoms with Gasteiger partial charge >= 0.3 is 0 Å². The van der Waals surface area contributed by atoms with Crippen LogP contribution < -0.4 is 10.6 Å². The van der Waals surface area contributed by atoms with Crippen molar-refractivity contribution in [2.24, 2.45) is 9.98 Å². The van der Waals surface area contributed by atoms with Crippen LogP contribution in [0.25, 0.3) is 10.0 Å². The summed E-state index contributed by atoms with van der Waals surface area (Å²) in [5, 5.41) is 27.5. The number of hydrogen-bond donors (Lipinski definition) is 2. The molecule has 16 heteroatoms. The molecule has 4 aromatic heterocycles. The number of unbranched alkanes of at least 4 members (excludes halogenated alkanes) is 7. The Bertz CT molecular complexity index is 2540. The number of carbonyl (C=O) groups is 2. The average molecular weight is 938 g/mol. The van der Waals surface area contributed by atoms with Gasteiger partial charge in [0.1, 0.15) is 33.7 Å². The van der Waals surface area contributed by atoms with Crippen LogP contribution in [-0.4, -0.2) is 65.9 Å². The third-order valence-corrected chi connectivity index (χ3v) is 15.1. The van der Waals surface area contributed by atoms with E-state index in [1.54, 1.807) is 22.7 Å². The Labute approximate surface area is 392 Å². The summed E-state index contributed by atoms with van der Waals surface area (Å²) >= 11 is 15.9. The SMILES string of the molecule is Cc1sc2c(c1C)C(c1ccc(Cl)cc1)=N[C@@H](CC(=O)NCCCCCCCCCCNC(=O)C[C@@H]1N=C(c3ccc(Cl)cc3)c3c(sc(C)c3C)-n3c(C)nnc31)c1nnc(C)n1-2. The summed E-state index contributed by atoms with van der Waals surface area (Å²) in [6.45, 7) is 13.6. The molecule has 64 heavy (non-hydrogen) atoms. The molecule has 0 spiro atoms. The lowest BCUT2D eigenvalue weighted by Crippen LogP contribution is -2.26. The van der Waals surface area contributed by atoms with Gasteiger partial charge in [-0.1, -0.05) is 86.0 Å². The third-order valence-electron chi connectivity index (χ3n) is 12.2. The molecule has 2 aliphatic heterocycles. The summed E-state index contributed by atoms with van der Waals surface area (Å²) in [5.74, 6) is 2.81. The summed E-state index contributed by atoms with van der Waals surface area (Å²) in [6.07, 6.45) is 8.81. The van der Waals surface area contributed by atoms with Gasteiger partial charge in [0.25, 0.3) is 0 Å². The standard InChI is InChI=1S/C48H54Cl2N10O2S2/c1-27-29(3)63-47-41(27)43(33-15-19-35(49)20-16-33)53-37(45-57-55-31(5)59(45)47)25-39(61)51-23-13-11-9-7-8-10-12-14-24-52-40(62)26-38-46-58-56-32(6)60(46)48-42(28(2)30(4)64-48)44(54-38)34-17-21-36(50)22-18-34/h15-22,37-38H,7-14,23-26H2,1-6H3,(H,51,61)(H,52,62)/t37-,38-/m0/s1. The molecule has 2 N–H and O–H groups in total. The maximum atomic E-state index is 13.4. The molecular formula is C48H54Cl2N10O2S2. The Balaban J connectivity index is 0.760. The predicted molar refractivity (Wildman–Crippen MR) is 259 cm³/mol. The van der Waals surface area contributed by atoms with Crippen molar-refractivity contribution in [3.63, 3.8) is 0 Å². The predicted octanol–water partition coefficient (Wildman–Crippen LogP) is 10.7. The highest BCUT2D eigenvalue weighted by Crippen LogP contribution is 2.41. The van der Waals surface area contributed by atoms with Gasteiger partial charge in [-0.05, 0) is 89.8 Å². The van der Waals surface area contributed by atoms with Crippen LogP contribution >= 0.6 is 45.9 Å². The molecule has 2 atom stereocenters. The van der Waals surface area contributed by atoms with Crippen LogP contribution in [0.5, 0.6) is 0 Å². The quantitative estimate of drug-likeness (QED) is 0.0872. The van der Waals surface area contributed by atoms with Crippen LogP contribution in [0.4, 0.5) is 0 Å².